The van der Waals surface area contributed by atoms with Crippen LogP contribution in [0.15, 0.2) is 40.2 Å². The molecule has 0 saturated heterocycles. The average Bonchev–Trinajstić information content (AvgIpc) is 3.31. The molecule has 0 saturated carbocycles. The van der Waals surface area contributed by atoms with Crippen LogP contribution in [0.3, 0.4) is 0 Å². The minimum Gasteiger partial charge on any atom is -0.493 e. The van der Waals surface area contributed by atoms with E-state index in [0.717, 1.165) is 4.88 Å². The van der Waals surface area contributed by atoms with Crippen molar-refractivity contribution in [3.63, 3.8) is 0 Å². The molecule has 0 bridgehead atoms. The number of halogens is 2. The van der Waals surface area contributed by atoms with Gasteiger partial charge in [-0.05, 0) is 35.2 Å². The molecule has 132 valence electrons. The van der Waals surface area contributed by atoms with Crippen molar-refractivity contribution in [3.05, 3.63) is 47.2 Å². The number of hydrogen-bond donors (Lipinski definition) is 0. The van der Waals surface area contributed by atoms with Gasteiger partial charge in [-0.2, -0.15) is 19.0 Å². The Hall–Kier alpha value is -3.25. The van der Waals surface area contributed by atoms with Crippen LogP contribution in [-0.4, -0.2) is 23.9 Å². The average molecular weight is 375 g/mol. The van der Waals surface area contributed by atoms with Gasteiger partial charge in [0.1, 0.15) is 11.6 Å². The smallest absolute Gasteiger partial charge is 0.387 e. The SMILES string of the molecule is COc1cc(/C=C(\C#N)c2nc(-c3cccs3)no2)ccc1OC(F)F. The van der Waals surface area contributed by atoms with Crippen LogP contribution in [0.5, 0.6) is 11.5 Å². The van der Waals surface area contributed by atoms with Crippen molar-refractivity contribution in [2.75, 3.05) is 7.11 Å². The summed E-state index contributed by atoms with van der Waals surface area (Å²) in [5, 5.41) is 15.1. The summed E-state index contributed by atoms with van der Waals surface area (Å²) in [6.07, 6.45) is 1.49. The van der Waals surface area contributed by atoms with E-state index in [1.54, 1.807) is 0 Å². The summed E-state index contributed by atoms with van der Waals surface area (Å²) in [7, 11) is 1.33. The molecule has 0 aliphatic carbocycles. The van der Waals surface area contributed by atoms with E-state index in [4.69, 9.17) is 9.26 Å². The molecule has 6 nitrogen and oxygen atoms in total. The molecule has 0 unspecified atom stereocenters. The Balaban J connectivity index is 1.91. The lowest BCUT2D eigenvalue weighted by molar-refractivity contribution is -0.0512. The molecule has 0 aliphatic rings. The number of thiophene rings is 1. The molecule has 0 spiro atoms. The first-order chi connectivity index (χ1) is 12.6. The third-order valence-electron chi connectivity index (χ3n) is 3.23. The number of methoxy groups -OCH3 is 1. The Morgan fingerprint density at radius 2 is 2.19 bits per heavy atom. The van der Waals surface area contributed by atoms with Crippen molar-refractivity contribution in [1.29, 1.82) is 5.26 Å². The van der Waals surface area contributed by atoms with Crippen LogP contribution >= 0.6 is 11.3 Å². The number of aromatic nitrogens is 2. The quantitative estimate of drug-likeness (QED) is 0.591. The molecule has 2 aromatic heterocycles. The van der Waals surface area contributed by atoms with Gasteiger partial charge in [-0.15, -0.1) is 11.3 Å². The second-order valence-electron chi connectivity index (χ2n) is 4.86. The first-order valence-corrected chi connectivity index (χ1v) is 8.11. The standard InChI is InChI=1S/C17H11F2N3O3S/c1-23-13-8-10(4-5-12(13)24-17(18)19)7-11(9-20)16-21-15(22-25-16)14-3-2-6-26-14/h2-8,17H,1H3/b11-7+. The number of nitriles is 1. The van der Waals surface area contributed by atoms with Gasteiger partial charge in [0.25, 0.3) is 5.89 Å². The summed E-state index contributed by atoms with van der Waals surface area (Å²) in [4.78, 5) is 5.02. The summed E-state index contributed by atoms with van der Waals surface area (Å²) in [5.41, 5.74) is 0.653. The third kappa shape index (κ3) is 3.87. The maximum atomic E-state index is 12.4. The molecule has 0 radical (unpaired) electrons. The molecule has 0 aliphatic heterocycles. The van der Waals surface area contributed by atoms with Crippen LogP contribution < -0.4 is 9.47 Å². The lowest BCUT2D eigenvalue weighted by Crippen LogP contribution is -2.03. The number of hydrogen-bond acceptors (Lipinski definition) is 7. The zero-order valence-corrected chi connectivity index (χ0v) is 14.2. The highest BCUT2D eigenvalue weighted by molar-refractivity contribution is 7.13. The van der Waals surface area contributed by atoms with E-state index in [-0.39, 0.29) is 23.0 Å². The van der Waals surface area contributed by atoms with Gasteiger partial charge in [-0.3, -0.25) is 0 Å². The molecule has 0 fully saturated rings. The molecule has 9 heteroatoms. The van der Waals surface area contributed by atoms with Crippen molar-refractivity contribution in [2.45, 2.75) is 6.61 Å². The Bertz CT molecular complexity index is 962. The largest absolute Gasteiger partial charge is 0.493 e. The molecule has 3 aromatic rings. The van der Waals surface area contributed by atoms with Gasteiger partial charge in [0.2, 0.25) is 5.82 Å². The monoisotopic (exact) mass is 375 g/mol. The summed E-state index contributed by atoms with van der Waals surface area (Å²) in [6.45, 7) is -2.96. The Labute approximate surface area is 150 Å². The predicted molar refractivity (Wildman–Crippen MR) is 90.7 cm³/mol. The van der Waals surface area contributed by atoms with Gasteiger partial charge in [0, 0.05) is 0 Å². The van der Waals surface area contributed by atoms with Gasteiger partial charge >= 0.3 is 6.61 Å². The summed E-state index contributed by atoms with van der Waals surface area (Å²) in [5.74, 6) is 0.453. The molecule has 3 rings (SSSR count). The molecular weight excluding hydrogens is 364 g/mol. The first-order valence-electron chi connectivity index (χ1n) is 7.23. The molecule has 2 heterocycles. The topological polar surface area (TPSA) is 81.2 Å². The van der Waals surface area contributed by atoms with Crippen molar-refractivity contribution in [2.24, 2.45) is 0 Å². The third-order valence-corrected chi connectivity index (χ3v) is 4.10. The fourth-order valence-corrected chi connectivity index (χ4v) is 2.76. The number of alkyl halides is 2. The molecule has 0 amide bonds. The van der Waals surface area contributed by atoms with E-state index in [0.29, 0.717) is 11.4 Å². The van der Waals surface area contributed by atoms with E-state index < -0.39 is 6.61 Å². The fourth-order valence-electron chi connectivity index (χ4n) is 2.11. The number of ether oxygens (including phenoxy) is 2. The van der Waals surface area contributed by atoms with Gasteiger partial charge in [0.05, 0.1) is 12.0 Å². The first kappa shape index (κ1) is 17.6. The molecule has 0 atom stereocenters. The summed E-state index contributed by atoms with van der Waals surface area (Å²) < 4.78 is 39.3. The molecule has 0 N–H and O–H groups in total. The zero-order chi connectivity index (χ0) is 18.5. The van der Waals surface area contributed by atoms with Crippen LogP contribution in [0.25, 0.3) is 22.4 Å². The van der Waals surface area contributed by atoms with Crippen molar-refractivity contribution >= 4 is 23.0 Å². The molecule has 26 heavy (non-hydrogen) atoms. The lowest BCUT2D eigenvalue weighted by Gasteiger charge is -2.10. The number of benzene rings is 1. The van der Waals surface area contributed by atoms with Crippen molar-refractivity contribution in [1.82, 2.24) is 10.1 Å². The highest BCUT2D eigenvalue weighted by Gasteiger charge is 2.15. The normalized spacial score (nSPS) is 11.4. The number of nitrogens with zero attached hydrogens (tertiary/aromatic N) is 3. The molecular formula is C17H11F2N3O3S. The van der Waals surface area contributed by atoms with Crippen molar-refractivity contribution < 1.29 is 22.8 Å². The van der Waals surface area contributed by atoms with E-state index in [9.17, 15) is 14.0 Å². The van der Waals surface area contributed by atoms with Crippen LogP contribution in [0.1, 0.15) is 11.5 Å². The Morgan fingerprint density at radius 1 is 1.35 bits per heavy atom. The van der Waals surface area contributed by atoms with Gasteiger partial charge in [0.15, 0.2) is 11.5 Å². The van der Waals surface area contributed by atoms with E-state index >= 15 is 0 Å². The predicted octanol–water partition coefficient (Wildman–Crippen LogP) is 4.47. The van der Waals surface area contributed by atoms with Gasteiger partial charge < -0.3 is 14.0 Å². The Kier molecular flexibility index (Phi) is 5.24. The zero-order valence-electron chi connectivity index (χ0n) is 13.3. The van der Waals surface area contributed by atoms with E-state index in [1.165, 1.54) is 42.7 Å². The molecule has 1 aromatic carbocycles. The van der Waals surface area contributed by atoms with Crippen molar-refractivity contribution in [3.8, 4) is 28.3 Å². The second kappa shape index (κ2) is 7.76. The second-order valence-corrected chi connectivity index (χ2v) is 5.81. The highest BCUT2D eigenvalue weighted by atomic mass is 32.1. The van der Waals surface area contributed by atoms with Crippen LogP contribution in [0, 0.1) is 11.3 Å². The lowest BCUT2D eigenvalue weighted by atomic mass is 10.1. The summed E-state index contributed by atoms with van der Waals surface area (Å²) in [6, 6.07) is 9.98. The minimum absolute atomic E-state index is 0.0581. The minimum atomic E-state index is -2.96. The maximum Gasteiger partial charge on any atom is 0.387 e. The van der Waals surface area contributed by atoms with E-state index in [2.05, 4.69) is 14.9 Å². The van der Waals surface area contributed by atoms with Gasteiger partial charge in [-0.1, -0.05) is 17.3 Å². The Morgan fingerprint density at radius 3 is 2.85 bits per heavy atom. The van der Waals surface area contributed by atoms with Gasteiger partial charge in [-0.25, -0.2) is 0 Å². The van der Waals surface area contributed by atoms with Crippen LogP contribution in [0.4, 0.5) is 8.78 Å². The number of rotatable bonds is 6. The fraction of sp³-hybridized carbons (Fsp3) is 0.118. The number of allylic oxidation sites excluding steroid dienone is 1. The van der Waals surface area contributed by atoms with Crippen LogP contribution in [0.2, 0.25) is 0 Å². The maximum absolute atomic E-state index is 12.4. The van der Waals surface area contributed by atoms with Crippen LogP contribution in [-0.2, 0) is 0 Å². The van der Waals surface area contributed by atoms with E-state index in [1.807, 2.05) is 23.6 Å². The summed E-state index contributed by atoms with van der Waals surface area (Å²) >= 11 is 1.44. The highest BCUT2D eigenvalue weighted by Crippen LogP contribution is 2.31.